The highest BCUT2D eigenvalue weighted by Gasteiger charge is 2.21. The number of carbonyl (C=O) groups is 1. The van der Waals surface area contributed by atoms with Crippen LogP contribution in [-0.2, 0) is 4.79 Å². The lowest BCUT2D eigenvalue weighted by Crippen LogP contribution is -2.37. The molecule has 0 spiro atoms. The van der Waals surface area contributed by atoms with Crippen molar-refractivity contribution < 1.29 is 4.79 Å². The number of aryl methyl sites for hydroxylation is 1. The predicted octanol–water partition coefficient (Wildman–Crippen LogP) is 2.48. The van der Waals surface area contributed by atoms with Crippen molar-refractivity contribution in [1.29, 1.82) is 0 Å². The highest BCUT2D eigenvalue weighted by molar-refractivity contribution is 6.31. The zero-order chi connectivity index (χ0) is 13.8. The van der Waals surface area contributed by atoms with Crippen LogP contribution >= 0.6 is 11.6 Å². The summed E-state index contributed by atoms with van der Waals surface area (Å²) < 4.78 is 0. The maximum atomic E-state index is 12.0. The van der Waals surface area contributed by atoms with Crippen LogP contribution in [0.3, 0.4) is 0 Å². The molecule has 1 N–H and O–H groups in total. The predicted molar refractivity (Wildman–Crippen MR) is 79.3 cm³/mol. The van der Waals surface area contributed by atoms with Gasteiger partial charge in [0.1, 0.15) is 0 Å². The van der Waals surface area contributed by atoms with Crippen LogP contribution < -0.4 is 5.32 Å². The highest BCUT2D eigenvalue weighted by Crippen LogP contribution is 2.17. The van der Waals surface area contributed by atoms with Crippen LogP contribution in [0.25, 0.3) is 6.08 Å². The van der Waals surface area contributed by atoms with Crippen LogP contribution in [0.5, 0.6) is 0 Å². The first-order chi connectivity index (χ1) is 9.08. The molecule has 2 rings (SSSR count). The molecule has 102 valence electrons. The molecule has 19 heavy (non-hydrogen) atoms. The van der Waals surface area contributed by atoms with E-state index in [-0.39, 0.29) is 5.91 Å². The van der Waals surface area contributed by atoms with E-state index >= 15 is 0 Å². The van der Waals surface area contributed by atoms with Gasteiger partial charge in [0.25, 0.3) is 0 Å². The summed E-state index contributed by atoms with van der Waals surface area (Å²) in [6, 6.07) is 6.09. The van der Waals surface area contributed by atoms with Crippen LogP contribution in [-0.4, -0.2) is 37.0 Å². The number of halogens is 1. The van der Waals surface area contributed by atoms with Gasteiger partial charge in [-0.05, 0) is 43.2 Å². The second-order valence-electron chi connectivity index (χ2n) is 4.94. The van der Waals surface area contributed by atoms with Crippen LogP contribution in [0, 0.1) is 6.92 Å². The Morgan fingerprint density at radius 2 is 2.32 bits per heavy atom. The molecule has 0 bridgehead atoms. The molecule has 0 saturated carbocycles. The van der Waals surface area contributed by atoms with Gasteiger partial charge in [0.2, 0.25) is 5.91 Å². The summed E-state index contributed by atoms with van der Waals surface area (Å²) >= 11 is 6.06. The number of benzene rings is 1. The fraction of sp³-hybridized carbons (Fsp3) is 0.400. The van der Waals surface area contributed by atoms with Gasteiger partial charge in [-0.2, -0.15) is 0 Å². The lowest BCUT2D eigenvalue weighted by atomic mass is 10.1. The van der Waals surface area contributed by atoms with E-state index < -0.39 is 0 Å². The minimum absolute atomic E-state index is 0.0328. The van der Waals surface area contributed by atoms with Crippen LogP contribution in [0.1, 0.15) is 17.5 Å². The summed E-state index contributed by atoms with van der Waals surface area (Å²) in [5.41, 5.74) is 1.99. The van der Waals surface area contributed by atoms with Crippen molar-refractivity contribution in [2.24, 2.45) is 0 Å². The Hall–Kier alpha value is -1.32. The topological polar surface area (TPSA) is 32.3 Å². The third kappa shape index (κ3) is 3.58. The van der Waals surface area contributed by atoms with Gasteiger partial charge < -0.3 is 10.2 Å². The number of nitrogens with one attached hydrogen (secondary N) is 1. The lowest BCUT2D eigenvalue weighted by molar-refractivity contribution is -0.126. The van der Waals surface area contributed by atoms with Crippen LogP contribution in [0.4, 0.5) is 0 Å². The van der Waals surface area contributed by atoms with Crippen molar-refractivity contribution in [3.8, 4) is 0 Å². The second kappa shape index (κ2) is 6.22. The summed E-state index contributed by atoms with van der Waals surface area (Å²) in [6.45, 7) is 3.83. The molecule has 0 aromatic heterocycles. The van der Waals surface area contributed by atoms with Gasteiger partial charge >= 0.3 is 0 Å². The number of rotatable bonds is 3. The first-order valence-electron chi connectivity index (χ1n) is 6.49. The maximum absolute atomic E-state index is 12.0. The average molecular weight is 279 g/mol. The van der Waals surface area contributed by atoms with Gasteiger partial charge in [0.15, 0.2) is 0 Å². The Kier molecular flexibility index (Phi) is 4.61. The quantitative estimate of drug-likeness (QED) is 0.862. The largest absolute Gasteiger partial charge is 0.338 e. The fourth-order valence-corrected chi connectivity index (χ4v) is 2.34. The molecule has 1 aromatic rings. The number of likely N-dealkylation sites (N-methyl/N-ethyl adjacent to an activating group) is 1. The molecule has 1 amide bonds. The van der Waals surface area contributed by atoms with E-state index in [0.29, 0.717) is 6.04 Å². The molecule has 1 unspecified atom stereocenters. The van der Waals surface area contributed by atoms with Gasteiger partial charge in [0, 0.05) is 30.7 Å². The van der Waals surface area contributed by atoms with Crippen molar-refractivity contribution in [3.05, 3.63) is 40.4 Å². The van der Waals surface area contributed by atoms with Gasteiger partial charge in [-0.1, -0.05) is 23.7 Å². The average Bonchev–Trinajstić information content (AvgIpc) is 2.93. The Labute approximate surface area is 119 Å². The SMILES string of the molecule is Cc1ccc(/C=C/C(=O)N(C)C2CCNC2)cc1Cl. The Bertz CT molecular complexity index is 493. The van der Waals surface area contributed by atoms with E-state index in [1.54, 1.807) is 11.0 Å². The number of hydrogen-bond acceptors (Lipinski definition) is 2. The normalized spacial score (nSPS) is 19.0. The van der Waals surface area contributed by atoms with Crippen LogP contribution in [0.15, 0.2) is 24.3 Å². The first kappa shape index (κ1) is 14.1. The number of hydrogen-bond donors (Lipinski definition) is 1. The Morgan fingerprint density at radius 3 is 2.95 bits per heavy atom. The molecule has 1 atom stereocenters. The van der Waals surface area contributed by atoms with E-state index in [2.05, 4.69) is 5.32 Å². The monoisotopic (exact) mass is 278 g/mol. The standard InChI is InChI=1S/C15H19ClN2O/c1-11-3-4-12(9-14(11)16)5-6-15(19)18(2)13-7-8-17-10-13/h3-6,9,13,17H,7-8,10H2,1-2H3/b6-5+. The molecule has 3 nitrogen and oxygen atoms in total. The molecule has 1 saturated heterocycles. The zero-order valence-corrected chi connectivity index (χ0v) is 12.1. The molecule has 4 heteroatoms. The van der Waals surface area contributed by atoms with Gasteiger partial charge in [-0.25, -0.2) is 0 Å². The number of nitrogens with zero attached hydrogens (tertiary/aromatic N) is 1. The van der Waals surface area contributed by atoms with E-state index in [0.717, 1.165) is 35.7 Å². The molecule has 1 aliphatic rings. The number of amides is 1. The van der Waals surface area contributed by atoms with Crippen molar-refractivity contribution in [2.45, 2.75) is 19.4 Å². The minimum atomic E-state index is 0.0328. The summed E-state index contributed by atoms with van der Waals surface area (Å²) in [5, 5.41) is 3.99. The zero-order valence-electron chi connectivity index (χ0n) is 11.3. The Morgan fingerprint density at radius 1 is 1.53 bits per heavy atom. The number of carbonyl (C=O) groups excluding carboxylic acids is 1. The van der Waals surface area contributed by atoms with Crippen molar-refractivity contribution in [1.82, 2.24) is 10.2 Å². The summed E-state index contributed by atoms with van der Waals surface area (Å²) in [7, 11) is 1.85. The van der Waals surface area contributed by atoms with E-state index in [4.69, 9.17) is 11.6 Å². The molecule has 1 aliphatic heterocycles. The van der Waals surface area contributed by atoms with E-state index in [1.165, 1.54) is 0 Å². The molecule has 1 heterocycles. The summed E-state index contributed by atoms with van der Waals surface area (Å²) in [4.78, 5) is 13.8. The van der Waals surface area contributed by atoms with Gasteiger partial charge in [-0.3, -0.25) is 4.79 Å². The van der Waals surface area contributed by atoms with Crippen molar-refractivity contribution in [3.63, 3.8) is 0 Å². The van der Waals surface area contributed by atoms with Gasteiger partial charge in [-0.15, -0.1) is 0 Å². The van der Waals surface area contributed by atoms with Crippen LogP contribution in [0.2, 0.25) is 5.02 Å². The molecule has 0 radical (unpaired) electrons. The van der Waals surface area contributed by atoms with Crippen molar-refractivity contribution in [2.75, 3.05) is 20.1 Å². The minimum Gasteiger partial charge on any atom is -0.338 e. The fourth-order valence-electron chi connectivity index (χ4n) is 2.15. The third-order valence-electron chi connectivity index (χ3n) is 3.54. The van der Waals surface area contributed by atoms with Crippen molar-refractivity contribution >= 4 is 23.6 Å². The summed E-state index contributed by atoms with van der Waals surface area (Å²) in [6.07, 6.45) is 4.44. The summed E-state index contributed by atoms with van der Waals surface area (Å²) in [5.74, 6) is 0.0328. The third-order valence-corrected chi connectivity index (χ3v) is 3.95. The maximum Gasteiger partial charge on any atom is 0.246 e. The molecular formula is C15H19ClN2O. The smallest absolute Gasteiger partial charge is 0.246 e. The molecule has 1 aromatic carbocycles. The van der Waals surface area contributed by atoms with Gasteiger partial charge in [0.05, 0.1) is 0 Å². The Balaban J connectivity index is 2.00. The second-order valence-corrected chi connectivity index (χ2v) is 5.34. The molecule has 0 aliphatic carbocycles. The van der Waals surface area contributed by atoms with E-state index in [1.807, 2.05) is 38.2 Å². The first-order valence-corrected chi connectivity index (χ1v) is 6.87. The van der Waals surface area contributed by atoms with E-state index in [9.17, 15) is 4.79 Å². The molecular weight excluding hydrogens is 260 g/mol. The molecule has 1 fully saturated rings. The lowest BCUT2D eigenvalue weighted by Gasteiger charge is -2.22. The highest BCUT2D eigenvalue weighted by atomic mass is 35.5.